The molecular formula is C38H43ClN6O4. The second-order valence-corrected chi connectivity index (χ2v) is 12.8. The fraction of sp³-hybridized carbons (Fsp3) is 0.342. The largest absolute Gasteiger partial charge is 0.493 e. The number of rotatable bonds is 16. The third-order valence-electron chi connectivity index (χ3n) is 8.85. The first-order valence-electron chi connectivity index (χ1n) is 16.7. The van der Waals surface area contributed by atoms with E-state index in [4.69, 9.17) is 25.8 Å². The van der Waals surface area contributed by atoms with Gasteiger partial charge in [0.15, 0.2) is 0 Å². The lowest BCUT2D eigenvalue weighted by molar-refractivity contribution is 0.173. The molecule has 256 valence electrons. The van der Waals surface area contributed by atoms with Crippen molar-refractivity contribution in [2.24, 2.45) is 0 Å². The van der Waals surface area contributed by atoms with Gasteiger partial charge in [0.1, 0.15) is 36.8 Å². The van der Waals surface area contributed by atoms with Crippen LogP contribution in [-0.2, 0) is 26.3 Å². The molecule has 3 aromatic carbocycles. The van der Waals surface area contributed by atoms with Gasteiger partial charge in [-0.3, -0.25) is 5.10 Å². The molecular weight excluding hydrogens is 640 g/mol. The normalized spacial score (nSPS) is 14.7. The Kier molecular flexibility index (Phi) is 11.8. The standard InChI is InChI=1S/C38H43ClN6O4/c1-26-30(6-3-7-33(26)34-8-4-9-36(27(34)2)47-13-5-11-45-12-10-32(46)22-45)24-49-38-15-37(48-23-29-17-41-25-42-18-29)31(14-35(38)39)21-40-16-28-19-43-44-20-28/h3-4,6-9,14-15,17-20,25,32,40,46H,5,10-13,16,21-24H2,1-2H3,(H,43,44). The van der Waals surface area contributed by atoms with Crippen LogP contribution >= 0.6 is 11.6 Å². The number of likely N-dealkylation sites (tertiary alicyclic amines) is 1. The van der Waals surface area contributed by atoms with E-state index in [1.165, 1.54) is 6.33 Å². The van der Waals surface area contributed by atoms with Crippen molar-refractivity contribution in [1.29, 1.82) is 0 Å². The molecule has 1 aliphatic heterocycles. The van der Waals surface area contributed by atoms with Crippen LogP contribution in [-0.4, -0.2) is 62.5 Å². The van der Waals surface area contributed by atoms with Gasteiger partial charge >= 0.3 is 0 Å². The summed E-state index contributed by atoms with van der Waals surface area (Å²) < 4.78 is 18.8. The van der Waals surface area contributed by atoms with E-state index in [0.29, 0.717) is 49.4 Å². The van der Waals surface area contributed by atoms with Crippen molar-refractivity contribution in [3.63, 3.8) is 0 Å². The maximum atomic E-state index is 9.78. The fourth-order valence-corrected chi connectivity index (χ4v) is 6.32. The van der Waals surface area contributed by atoms with Crippen LogP contribution in [0.15, 0.2) is 79.6 Å². The van der Waals surface area contributed by atoms with E-state index >= 15 is 0 Å². The summed E-state index contributed by atoms with van der Waals surface area (Å²) >= 11 is 6.79. The van der Waals surface area contributed by atoms with E-state index in [9.17, 15) is 5.11 Å². The number of aliphatic hydroxyl groups is 1. The second-order valence-electron chi connectivity index (χ2n) is 12.4. The van der Waals surface area contributed by atoms with E-state index in [2.05, 4.69) is 68.5 Å². The van der Waals surface area contributed by atoms with E-state index in [1.807, 2.05) is 30.5 Å². The summed E-state index contributed by atoms with van der Waals surface area (Å²) in [4.78, 5) is 10.5. The van der Waals surface area contributed by atoms with Crippen molar-refractivity contribution in [1.82, 2.24) is 30.4 Å². The molecule has 1 unspecified atom stereocenters. The molecule has 1 saturated heterocycles. The first-order valence-corrected chi connectivity index (χ1v) is 17.0. The minimum absolute atomic E-state index is 0.194. The molecule has 1 aliphatic rings. The van der Waals surface area contributed by atoms with Gasteiger partial charge in [0.2, 0.25) is 0 Å². The molecule has 5 aromatic rings. The minimum atomic E-state index is -0.194. The van der Waals surface area contributed by atoms with Crippen LogP contribution in [0.1, 0.15) is 46.2 Å². The minimum Gasteiger partial charge on any atom is -0.493 e. The van der Waals surface area contributed by atoms with Crippen molar-refractivity contribution in [3.05, 3.63) is 118 Å². The highest BCUT2D eigenvalue weighted by molar-refractivity contribution is 6.32. The van der Waals surface area contributed by atoms with E-state index < -0.39 is 0 Å². The summed E-state index contributed by atoms with van der Waals surface area (Å²) in [6, 6.07) is 16.2. The molecule has 10 nitrogen and oxygen atoms in total. The molecule has 6 rings (SSSR count). The van der Waals surface area contributed by atoms with Gasteiger partial charge in [0, 0.05) is 74.1 Å². The zero-order valence-electron chi connectivity index (χ0n) is 28.0. The zero-order valence-corrected chi connectivity index (χ0v) is 28.7. The SMILES string of the molecule is Cc1c(COc2cc(OCc3cncnc3)c(CNCc3cn[nH]c3)cc2Cl)cccc1-c1cccc(OCCCN2CCC(O)C2)c1C. The lowest BCUT2D eigenvalue weighted by atomic mass is 9.93. The molecule has 1 fully saturated rings. The number of halogens is 1. The Morgan fingerprint density at radius 3 is 2.45 bits per heavy atom. The molecule has 0 spiro atoms. The van der Waals surface area contributed by atoms with Crippen molar-refractivity contribution in [3.8, 4) is 28.4 Å². The van der Waals surface area contributed by atoms with Gasteiger partial charge in [-0.1, -0.05) is 41.9 Å². The van der Waals surface area contributed by atoms with Crippen LogP contribution in [0.5, 0.6) is 17.2 Å². The number of hydrogen-bond donors (Lipinski definition) is 3. The molecule has 2 aromatic heterocycles. The summed E-state index contributed by atoms with van der Waals surface area (Å²) in [6.07, 6.45) is 10.2. The van der Waals surface area contributed by atoms with E-state index in [0.717, 1.165) is 82.7 Å². The number of aromatic nitrogens is 4. The summed E-state index contributed by atoms with van der Waals surface area (Å²) in [5.41, 5.74) is 8.37. The molecule has 3 N–H and O–H groups in total. The number of aromatic amines is 1. The highest BCUT2D eigenvalue weighted by atomic mass is 35.5. The zero-order chi connectivity index (χ0) is 34.0. The average molecular weight is 683 g/mol. The molecule has 0 saturated carbocycles. The Hall–Kier alpha value is -4.48. The summed E-state index contributed by atoms with van der Waals surface area (Å²) in [7, 11) is 0. The number of ether oxygens (including phenoxy) is 3. The number of hydrogen-bond acceptors (Lipinski definition) is 9. The third kappa shape index (κ3) is 9.16. The molecule has 0 amide bonds. The second kappa shape index (κ2) is 16.8. The third-order valence-corrected chi connectivity index (χ3v) is 9.15. The van der Waals surface area contributed by atoms with E-state index in [1.54, 1.807) is 18.6 Å². The highest BCUT2D eigenvalue weighted by Gasteiger charge is 2.19. The van der Waals surface area contributed by atoms with E-state index in [-0.39, 0.29) is 6.10 Å². The van der Waals surface area contributed by atoms with Gasteiger partial charge in [-0.2, -0.15) is 5.10 Å². The number of β-amino-alcohol motifs (C(OH)–C–C–N with tert-alkyl or cyclic N) is 1. The van der Waals surface area contributed by atoms with Crippen LogP contribution in [0.25, 0.3) is 11.1 Å². The Morgan fingerprint density at radius 1 is 0.878 bits per heavy atom. The van der Waals surface area contributed by atoms with Gasteiger partial charge in [0.25, 0.3) is 0 Å². The topological polar surface area (TPSA) is 118 Å². The first-order chi connectivity index (χ1) is 23.9. The number of H-pyrrole nitrogens is 1. The number of benzene rings is 3. The lowest BCUT2D eigenvalue weighted by Crippen LogP contribution is -2.24. The molecule has 0 radical (unpaired) electrons. The molecule has 3 heterocycles. The predicted molar refractivity (Wildman–Crippen MR) is 190 cm³/mol. The first kappa shape index (κ1) is 34.4. The van der Waals surface area contributed by atoms with Gasteiger partial charge in [0.05, 0.1) is 23.9 Å². The Bertz CT molecular complexity index is 1800. The fourth-order valence-electron chi connectivity index (χ4n) is 6.08. The number of aliphatic hydroxyl groups excluding tert-OH is 1. The number of nitrogens with zero attached hydrogens (tertiary/aromatic N) is 4. The predicted octanol–water partition coefficient (Wildman–Crippen LogP) is 6.42. The summed E-state index contributed by atoms with van der Waals surface area (Å²) in [5, 5.41) is 20.6. The van der Waals surface area contributed by atoms with Crippen LogP contribution in [0, 0.1) is 13.8 Å². The van der Waals surface area contributed by atoms with Crippen molar-refractivity contribution >= 4 is 11.6 Å². The molecule has 11 heteroatoms. The Balaban J connectivity index is 1.13. The quantitative estimate of drug-likeness (QED) is 0.101. The average Bonchev–Trinajstić information content (AvgIpc) is 3.79. The Morgan fingerprint density at radius 2 is 1.67 bits per heavy atom. The molecule has 1 atom stereocenters. The van der Waals surface area contributed by atoms with Gasteiger partial charge in [-0.25, -0.2) is 9.97 Å². The van der Waals surface area contributed by atoms with Crippen molar-refractivity contribution in [2.45, 2.75) is 59.1 Å². The maximum absolute atomic E-state index is 9.78. The van der Waals surface area contributed by atoms with Gasteiger partial charge < -0.3 is 29.5 Å². The number of nitrogens with one attached hydrogen (secondary N) is 2. The van der Waals surface area contributed by atoms with Crippen LogP contribution in [0.2, 0.25) is 5.02 Å². The smallest absolute Gasteiger partial charge is 0.142 e. The van der Waals surface area contributed by atoms with Gasteiger partial charge in [-0.05, 0) is 66.6 Å². The molecule has 0 bridgehead atoms. The molecule has 49 heavy (non-hydrogen) atoms. The van der Waals surface area contributed by atoms with Crippen LogP contribution < -0.4 is 19.5 Å². The monoisotopic (exact) mass is 682 g/mol. The van der Waals surface area contributed by atoms with Gasteiger partial charge in [-0.15, -0.1) is 0 Å². The van der Waals surface area contributed by atoms with Crippen LogP contribution in [0.3, 0.4) is 0 Å². The lowest BCUT2D eigenvalue weighted by Gasteiger charge is -2.19. The summed E-state index contributed by atoms with van der Waals surface area (Å²) in [5.74, 6) is 2.10. The molecule has 0 aliphatic carbocycles. The Labute approximate surface area is 292 Å². The van der Waals surface area contributed by atoms with Crippen molar-refractivity contribution in [2.75, 3.05) is 26.2 Å². The van der Waals surface area contributed by atoms with Crippen molar-refractivity contribution < 1.29 is 19.3 Å². The highest BCUT2D eigenvalue weighted by Crippen LogP contribution is 2.36. The summed E-state index contributed by atoms with van der Waals surface area (Å²) in [6.45, 7) is 9.34. The maximum Gasteiger partial charge on any atom is 0.142 e. The van der Waals surface area contributed by atoms with Crippen LogP contribution in [0.4, 0.5) is 0 Å².